The fourth-order valence-electron chi connectivity index (χ4n) is 1.04. The first-order valence-corrected chi connectivity index (χ1v) is 5.77. The van der Waals surface area contributed by atoms with Crippen molar-refractivity contribution in [3.05, 3.63) is 54.4 Å². The minimum Gasteiger partial charge on any atom is -0.462 e. The molecule has 0 aromatic heterocycles. The molecule has 0 spiro atoms. The first-order valence-electron chi connectivity index (χ1n) is 5.77. The van der Waals surface area contributed by atoms with Gasteiger partial charge in [-0.2, -0.15) is 0 Å². The highest BCUT2D eigenvalue weighted by Crippen LogP contribution is 2.05. The summed E-state index contributed by atoms with van der Waals surface area (Å²) in [5.74, 6) is -0.441. The predicted octanol–water partition coefficient (Wildman–Crippen LogP) is 3.98. The van der Waals surface area contributed by atoms with Gasteiger partial charge in [0.25, 0.3) is 0 Å². The van der Waals surface area contributed by atoms with Gasteiger partial charge in [-0.05, 0) is 12.5 Å². The van der Waals surface area contributed by atoms with Gasteiger partial charge in [-0.1, -0.05) is 49.9 Å². The molecule has 0 atom stereocenters. The Balaban J connectivity index is 0.000000321. The number of benzene rings is 1. The first-order chi connectivity index (χ1) is 8.61. The lowest BCUT2D eigenvalue weighted by molar-refractivity contribution is -0.139. The molecule has 0 aliphatic rings. The number of ether oxygens (including phenoxy) is 1. The molecule has 0 radical (unpaired) electrons. The molecule has 1 rings (SSSR count). The summed E-state index contributed by atoms with van der Waals surface area (Å²) in [4.78, 5) is 10.2. The van der Waals surface area contributed by atoms with Crippen LogP contribution in [0.2, 0.25) is 0 Å². The van der Waals surface area contributed by atoms with Crippen LogP contribution in [0.1, 0.15) is 25.8 Å². The molecule has 0 N–H and O–H groups in total. The normalized spacial score (nSPS) is 9.50. The maximum Gasteiger partial charge on any atom is 0.302 e. The Kier molecular flexibility index (Phi) is 9.18. The molecule has 3 heteroatoms. The average molecular weight is 250 g/mol. The number of hydrogen-bond acceptors (Lipinski definition) is 2. The first kappa shape index (κ1) is 16.1. The predicted molar refractivity (Wildman–Crippen MR) is 72.6 cm³/mol. The molecule has 2 nitrogen and oxygen atoms in total. The number of halogens is 1. The smallest absolute Gasteiger partial charge is 0.302 e. The molecule has 98 valence electrons. The van der Waals surface area contributed by atoms with Gasteiger partial charge in [0.1, 0.15) is 12.4 Å². The summed E-state index contributed by atoms with van der Waals surface area (Å²) in [5.41, 5.74) is 0.553. The molecule has 0 aliphatic heterocycles. The van der Waals surface area contributed by atoms with Crippen molar-refractivity contribution in [3.8, 4) is 0 Å². The van der Waals surface area contributed by atoms with Gasteiger partial charge in [-0.15, -0.1) is 0 Å². The lowest BCUT2D eigenvalue weighted by Crippen LogP contribution is -1.96. The SMILES string of the molecule is C=Cc1ccccc1F.CC/C=C\COC(C)=O. The maximum absolute atomic E-state index is 12.5. The number of hydrogen-bond donors (Lipinski definition) is 0. The fraction of sp³-hybridized carbons (Fsp3) is 0.267. The Hall–Kier alpha value is -1.90. The highest BCUT2D eigenvalue weighted by Gasteiger charge is 1.91. The van der Waals surface area contributed by atoms with Crippen molar-refractivity contribution in [2.45, 2.75) is 20.3 Å². The van der Waals surface area contributed by atoms with Crippen LogP contribution in [0.25, 0.3) is 6.08 Å². The number of carbonyl (C=O) groups excluding carboxylic acids is 1. The standard InChI is InChI=1S/C8H7F.C7H12O2/c1-2-7-5-3-4-6-8(7)9;1-3-4-5-6-9-7(2)8/h2-6H,1H2;4-5H,3,6H2,1-2H3/b;5-4-. The van der Waals surface area contributed by atoms with Crippen molar-refractivity contribution in [1.82, 2.24) is 0 Å². The Morgan fingerprint density at radius 2 is 2.06 bits per heavy atom. The van der Waals surface area contributed by atoms with E-state index < -0.39 is 0 Å². The minimum absolute atomic E-state index is 0.215. The van der Waals surface area contributed by atoms with Crippen molar-refractivity contribution in [1.29, 1.82) is 0 Å². The zero-order chi connectivity index (χ0) is 13.8. The van der Waals surface area contributed by atoms with Gasteiger partial charge in [0, 0.05) is 12.5 Å². The summed E-state index contributed by atoms with van der Waals surface area (Å²) in [5, 5.41) is 0. The van der Waals surface area contributed by atoms with E-state index in [1.807, 2.05) is 19.1 Å². The van der Waals surface area contributed by atoms with Crippen molar-refractivity contribution < 1.29 is 13.9 Å². The number of allylic oxidation sites excluding steroid dienone is 1. The number of carbonyl (C=O) groups is 1. The highest BCUT2D eigenvalue weighted by molar-refractivity contribution is 5.65. The van der Waals surface area contributed by atoms with Gasteiger partial charge in [-0.3, -0.25) is 4.79 Å². The van der Waals surface area contributed by atoms with Crippen molar-refractivity contribution in [2.75, 3.05) is 6.61 Å². The van der Waals surface area contributed by atoms with Crippen molar-refractivity contribution in [3.63, 3.8) is 0 Å². The molecule has 1 aromatic rings. The van der Waals surface area contributed by atoms with Crippen molar-refractivity contribution in [2.24, 2.45) is 0 Å². The summed E-state index contributed by atoms with van der Waals surface area (Å²) < 4.78 is 17.1. The van der Waals surface area contributed by atoms with E-state index in [1.165, 1.54) is 19.1 Å². The summed E-state index contributed by atoms with van der Waals surface area (Å²) >= 11 is 0. The van der Waals surface area contributed by atoms with Gasteiger partial charge in [0.15, 0.2) is 0 Å². The molecule has 0 aliphatic carbocycles. The molecule has 0 heterocycles. The summed E-state index contributed by atoms with van der Waals surface area (Å²) in [6, 6.07) is 6.53. The summed E-state index contributed by atoms with van der Waals surface area (Å²) in [6.45, 7) is 7.29. The Morgan fingerprint density at radius 3 is 2.50 bits per heavy atom. The van der Waals surface area contributed by atoms with E-state index in [0.29, 0.717) is 12.2 Å². The van der Waals surface area contributed by atoms with E-state index in [9.17, 15) is 9.18 Å². The van der Waals surface area contributed by atoms with Crippen LogP contribution in [0.5, 0.6) is 0 Å². The molecule has 0 fully saturated rings. The van der Waals surface area contributed by atoms with Crippen LogP contribution < -0.4 is 0 Å². The number of esters is 1. The molecular formula is C15H19FO2. The van der Waals surface area contributed by atoms with Crippen LogP contribution in [-0.4, -0.2) is 12.6 Å². The Labute approximate surface area is 108 Å². The monoisotopic (exact) mass is 250 g/mol. The van der Waals surface area contributed by atoms with Crippen LogP contribution >= 0.6 is 0 Å². The summed E-state index contributed by atoms with van der Waals surface area (Å²) in [7, 11) is 0. The van der Waals surface area contributed by atoms with E-state index in [-0.39, 0.29) is 11.8 Å². The topological polar surface area (TPSA) is 26.3 Å². The lowest BCUT2D eigenvalue weighted by atomic mass is 10.2. The van der Waals surface area contributed by atoms with E-state index in [4.69, 9.17) is 0 Å². The summed E-state index contributed by atoms with van der Waals surface area (Å²) in [6.07, 6.45) is 6.28. The quantitative estimate of drug-likeness (QED) is 0.596. The molecule has 18 heavy (non-hydrogen) atoms. The van der Waals surface area contributed by atoms with E-state index in [1.54, 1.807) is 18.2 Å². The lowest BCUT2D eigenvalue weighted by Gasteiger charge is -1.92. The fourth-order valence-corrected chi connectivity index (χ4v) is 1.04. The van der Waals surface area contributed by atoms with Gasteiger partial charge in [0.2, 0.25) is 0 Å². The second-order valence-corrected chi connectivity index (χ2v) is 3.41. The number of rotatable bonds is 4. The van der Waals surface area contributed by atoms with Crippen molar-refractivity contribution >= 4 is 12.0 Å². The van der Waals surface area contributed by atoms with Gasteiger partial charge in [-0.25, -0.2) is 4.39 Å². The largest absolute Gasteiger partial charge is 0.462 e. The Morgan fingerprint density at radius 1 is 1.39 bits per heavy atom. The second kappa shape index (κ2) is 10.3. The molecule has 0 amide bonds. The van der Waals surface area contributed by atoms with Crippen LogP contribution in [0.3, 0.4) is 0 Å². The molecule has 1 aromatic carbocycles. The van der Waals surface area contributed by atoms with Crippen LogP contribution in [0.15, 0.2) is 43.0 Å². The third-order valence-electron chi connectivity index (χ3n) is 1.91. The van der Waals surface area contributed by atoms with Gasteiger partial charge in [0.05, 0.1) is 0 Å². The Bertz CT molecular complexity index is 397. The molecule has 0 saturated heterocycles. The van der Waals surface area contributed by atoms with E-state index in [2.05, 4.69) is 11.3 Å². The van der Waals surface area contributed by atoms with Crippen LogP contribution in [-0.2, 0) is 9.53 Å². The third-order valence-corrected chi connectivity index (χ3v) is 1.91. The molecular weight excluding hydrogens is 231 g/mol. The van der Waals surface area contributed by atoms with Crippen LogP contribution in [0.4, 0.5) is 4.39 Å². The maximum atomic E-state index is 12.5. The van der Waals surface area contributed by atoms with E-state index in [0.717, 1.165) is 6.42 Å². The van der Waals surface area contributed by atoms with Gasteiger partial charge >= 0.3 is 5.97 Å². The van der Waals surface area contributed by atoms with E-state index >= 15 is 0 Å². The highest BCUT2D eigenvalue weighted by atomic mass is 19.1. The second-order valence-electron chi connectivity index (χ2n) is 3.41. The molecule has 0 unspecified atom stereocenters. The zero-order valence-electron chi connectivity index (χ0n) is 10.9. The average Bonchev–Trinajstić information content (AvgIpc) is 2.36. The van der Waals surface area contributed by atoms with Crippen LogP contribution in [0, 0.1) is 5.82 Å². The molecule has 0 bridgehead atoms. The third kappa shape index (κ3) is 8.28. The minimum atomic E-state index is -0.226. The molecule has 0 saturated carbocycles. The van der Waals surface area contributed by atoms with Gasteiger partial charge < -0.3 is 4.74 Å². The zero-order valence-corrected chi connectivity index (χ0v) is 10.9.